The van der Waals surface area contributed by atoms with Gasteiger partial charge in [-0.15, -0.1) is 11.3 Å². The van der Waals surface area contributed by atoms with Crippen LogP contribution in [0.15, 0.2) is 52.7 Å². The molecular formula is C21H19N3O4S2. The van der Waals surface area contributed by atoms with Crippen LogP contribution in [0.1, 0.15) is 23.2 Å². The van der Waals surface area contributed by atoms with Gasteiger partial charge in [0.2, 0.25) is 11.8 Å². The van der Waals surface area contributed by atoms with E-state index in [1.165, 1.54) is 23.5 Å². The van der Waals surface area contributed by atoms with Gasteiger partial charge in [-0.3, -0.25) is 9.59 Å². The molecule has 2 N–H and O–H groups in total. The average Bonchev–Trinajstić information content (AvgIpc) is 3.14. The predicted molar refractivity (Wildman–Crippen MR) is 115 cm³/mol. The lowest BCUT2D eigenvalue weighted by molar-refractivity contribution is -0.119. The number of amides is 2. The van der Waals surface area contributed by atoms with Gasteiger partial charge < -0.3 is 5.32 Å². The van der Waals surface area contributed by atoms with Gasteiger partial charge in [-0.25, -0.2) is 18.1 Å². The van der Waals surface area contributed by atoms with E-state index in [9.17, 15) is 18.0 Å². The van der Waals surface area contributed by atoms with E-state index in [0.717, 1.165) is 22.0 Å². The number of aryl methyl sites for hydroxylation is 2. The van der Waals surface area contributed by atoms with Gasteiger partial charge in [0.15, 0.2) is 0 Å². The first-order valence-electron chi connectivity index (χ1n) is 9.30. The molecule has 1 aliphatic rings. The minimum Gasteiger partial charge on any atom is -0.326 e. The summed E-state index contributed by atoms with van der Waals surface area (Å²) < 4.78 is 27.5. The van der Waals surface area contributed by atoms with Crippen molar-refractivity contribution in [2.45, 2.75) is 31.1 Å². The minimum absolute atomic E-state index is 0.00866. The van der Waals surface area contributed by atoms with Crippen molar-refractivity contribution in [3.8, 4) is 10.6 Å². The molecule has 0 saturated heterocycles. The molecule has 2 aromatic carbocycles. The van der Waals surface area contributed by atoms with Gasteiger partial charge in [0.1, 0.15) is 5.01 Å². The fraction of sp³-hybridized carbons (Fsp3) is 0.190. The first kappa shape index (κ1) is 20.2. The highest BCUT2D eigenvalue weighted by molar-refractivity contribution is 7.90. The van der Waals surface area contributed by atoms with E-state index in [1.54, 1.807) is 24.3 Å². The van der Waals surface area contributed by atoms with Crippen LogP contribution in [-0.4, -0.2) is 25.2 Å². The third kappa shape index (κ3) is 4.42. The van der Waals surface area contributed by atoms with Gasteiger partial charge in [0, 0.05) is 28.7 Å². The number of nitrogens with one attached hydrogen (secondary N) is 2. The van der Waals surface area contributed by atoms with Crippen LogP contribution < -0.4 is 10.0 Å². The van der Waals surface area contributed by atoms with E-state index < -0.39 is 15.9 Å². The smallest absolute Gasteiger partial charge is 0.264 e. The van der Waals surface area contributed by atoms with E-state index >= 15 is 0 Å². The Balaban J connectivity index is 1.48. The Morgan fingerprint density at radius 3 is 2.80 bits per heavy atom. The maximum atomic E-state index is 12.7. The molecule has 2 amide bonds. The Morgan fingerprint density at radius 2 is 2.03 bits per heavy atom. The highest BCUT2D eigenvalue weighted by Gasteiger charge is 2.20. The van der Waals surface area contributed by atoms with E-state index in [4.69, 9.17) is 0 Å². The fourth-order valence-corrected chi connectivity index (χ4v) is 5.08. The number of carbonyl (C=O) groups excluding carboxylic acids is 2. The van der Waals surface area contributed by atoms with Gasteiger partial charge in [-0.05, 0) is 42.7 Å². The van der Waals surface area contributed by atoms with Crippen LogP contribution in [0.2, 0.25) is 0 Å². The summed E-state index contributed by atoms with van der Waals surface area (Å²) in [5, 5.41) is 5.39. The number of nitrogens with zero attached hydrogens (tertiary/aromatic N) is 1. The summed E-state index contributed by atoms with van der Waals surface area (Å²) in [5.74, 6) is -0.653. The lowest BCUT2D eigenvalue weighted by Gasteiger charge is -2.17. The first-order chi connectivity index (χ1) is 14.3. The number of thiazole rings is 1. The SMILES string of the molecule is Cc1csc(-c2cccc(S(=O)(=O)NC(=O)Cc3ccc4c(c3)CCC(=O)N4)c2)n1. The summed E-state index contributed by atoms with van der Waals surface area (Å²) in [7, 11) is -4.01. The Hall–Kier alpha value is -3.04. The summed E-state index contributed by atoms with van der Waals surface area (Å²) in [6.07, 6.45) is 0.912. The van der Waals surface area contributed by atoms with Crippen LogP contribution in [-0.2, 0) is 32.5 Å². The van der Waals surface area contributed by atoms with Crippen molar-refractivity contribution < 1.29 is 18.0 Å². The lowest BCUT2D eigenvalue weighted by atomic mass is 9.99. The first-order valence-corrected chi connectivity index (χ1v) is 11.7. The normalized spacial score (nSPS) is 13.4. The standard InChI is InChI=1S/C21H19N3O4S2/c1-13-12-29-21(22-13)16-3-2-4-17(11-16)30(27,28)24-20(26)10-14-5-7-18-15(9-14)6-8-19(25)23-18/h2-5,7,9,11-12H,6,8,10H2,1H3,(H,23,25)(H,24,26). The number of aromatic nitrogens is 1. The monoisotopic (exact) mass is 441 g/mol. The van der Waals surface area contributed by atoms with Crippen molar-refractivity contribution >= 4 is 38.9 Å². The van der Waals surface area contributed by atoms with Crippen molar-refractivity contribution in [3.63, 3.8) is 0 Å². The number of fused-ring (bicyclic) bond motifs is 1. The van der Waals surface area contributed by atoms with Gasteiger partial charge in [0.05, 0.1) is 11.3 Å². The molecule has 0 radical (unpaired) electrons. The summed E-state index contributed by atoms with van der Waals surface area (Å²) >= 11 is 1.43. The number of hydrogen-bond acceptors (Lipinski definition) is 6. The molecule has 0 atom stereocenters. The number of hydrogen-bond donors (Lipinski definition) is 2. The van der Waals surface area contributed by atoms with Crippen LogP contribution in [0.3, 0.4) is 0 Å². The topological polar surface area (TPSA) is 105 Å². The number of sulfonamides is 1. The Kier molecular flexibility index (Phi) is 5.40. The molecule has 0 aliphatic carbocycles. The van der Waals surface area contributed by atoms with Crippen LogP contribution >= 0.6 is 11.3 Å². The van der Waals surface area contributed by atoms with Crippen molar-refractivity contribution in [1.29, 1.82) is 0 Å². The minimum atomic E-state index is -4.01. The van der Waals surface area contributed by atoms with Crippen molar-refractivity contribution in [1.82, 2.24) is 9.71 Å². The van der Waals surface area contributed by atoms with E-state index in [0.29, 0.717) is 24.0 Å². The van der Waals surface area contributed by atoms with Crippen molar-refractivity contribution in [2.75, 3.05) is 5.32 Å². The second-order valence-electron chi connectivity index (χ2n) is 7.07. The molecule has 4 rings (SSSR count). The van der Waals surface area contributed by atoms with Crippen LogP contribution in [0, 0.1) is 6.92 Å². The quantitative estimate of drug-likeness (QED) is 0.633. The highest BCUT2D eigenvalue weighted by Crippen LogP contribution is 2.26. The van der Waals surface area contributed by atoms with Crippen LogP contribution in [0.25, 0.3) is 10.6 Å². The molecular weight excluding hydrogens is 422 g/mol. The molecule has 9 heteroatoms. The zero-order valence-corrected chi connectivity index (χ0v) is 17.8. The van der Waals surface area contributed by atoms with E-state index in [-0.39, 0.29) is 17.2 Å². The van der Waals surface area contributed by atoms with Crippen LogP contribution in [0.4, 0.5) is 5.69 Å². The summed E-state index contributed by atoms with van der Waals surface area (Å²) in [5.41, 5.74) is 3.90. The number of benzene rings is 2. The highest BCUT2D eigenvalue weighted by atomic mass is 32.2. The van der Waals surface area contributed by atoms with E-state index in [1.807, 2.05) is 18.4 Å². The Bertz CT molecular complexity index is 1250. The van der Waals surface area contributed by atoms with Gasteiger partial charge >= 0.3 is 0 Å². The lowest BCUT2D eigenvalue weighted by Crippen LogP contribution is -2.31. The molecule has 7 nitrogen and oxygen atoms in total. The number of carbonyl (C=O) groups is 2. The molecule has 0 bridgehead atoms. The molecule has 154 valence electrons. The second kappa shape index (κ2) is 8.00. The zero-order chi connectivity index (χ0) is 21.3. The maximum Gasteiger partial charge on any atom is 0.264 e. The predicted octanol–water partition coefficient (Wildman–Crippen LogP) is 3.05. The molecule has 0 spiro atoms. The third-order valence-corrected chi connectivity index (χ3v) is 7.07. The average molecular weight is 442 g/mol. The maximum absolute atomic E-state index is 12.7. The van der Waals surface area contributed by atoms with Crippen molar-refractivity contribution in [3.05, 3.63) is 64.7 Å². The molecule has 1 aliphatic heterocycles. The third-order valence-electron chi connectivity index (χ3n) is 4.69. The second-order valence-corrected chi connectivity index (χ2v) is 9.61. The fourth-order valence-electron chi connectivity index (χ4n) is 3.26. The summed E-state index contributed by atoms with van der Waals surface area (Å²) in [4.78, 5) is 28.2. The Morgan fingerprint density at radius 1 is 1.20 bits per heavy atom. The molecule has 0 fully saturated rings. The molecule has 3 aromatic rings. The molecule has 30 heavy (non-hydrogen) atoms. The van der Waals surface area contributed by atoms with Gasteiger partial charge in [-0.2, -0.15) is 0 Å². The summed E-state index contributed by atoms with van der Waals surface area (Å²) in [6, 6.07) is 11.6. The molecule has 0 unspecified atom stereocenters. The largest absolute Gasteiger partial charge is 0.326 e. The number of rotatable bonds is 5. The molecule has 2 heterocycles. The van der Waals surface area contributed by atoms with Crippen molar-refractivity contribution in [2.24, 2.45) is 0 Å². The molecule has 0 saturated carbocycles. The van der Waals surface area contributed by atoms with Gasteiger partial charge in [0.25, 0.3) is 10.0 Å². The summed E-state index contributed by atoms with van der Waals surface area (Å²) in [6.45, 7) is 1.87. The van der Waals surface area contributed by atoms with Gasteiger partial charge in [-0.1, -0.05) is 24.3 Å². The Labute approximate surface area is 178 Å². The number of anilines is 1. The molecule has 1 aromatic heterocycles. The van der Waals surface area contributed by atoms with Crippen LogP contribution in [0.5, 0.6) is 0 Å². The van der Waals surface area contributed by atoms with E-state index in [2.05, 4.69) is 15.0 Å². The zero-order valence-electron chi connectivity index (χ0n) is 16.1.